The minimum Gasteiger partial charge on any atom is -0.328 e. The van der Waals surface area contributed by atoms with Crippen LogP contribution in [0, 0.1) is 0 Å². The molecule has 0 aliphatic carbocycles. The summed E-state index contributed by atoms with van der Waals surface area (Å²) in [4.78, 5) is 1.25. The largest absolute Gasteiger partial charge is 0.328 e. The molecule has 2 heterocycles. The fourth-order valence-electron chi connectivity index (χ4n) is 2.04. The highest BCUT2D eigenvalue weighted by Crippen LogP contribution is 2.30. The van der Waals surface area contributed by atoms with Crippen molar-refractivity contribution in [2.45, 2.75) is 32.7 Å². The Morgan fingerprint density at radius 1 is 1.39 bits per heavy atom. The van der Waals surface area contributed by atoms with Crippen LogP contribution in [0.2, 0.25) is 0 Å². The number of thiophene rings is 1. The fourth-order valence-corrected chi connectivity index (χ4v) is 3.56. The van der Waals surface area contributed by atoms with Gasteiger partial charge in [0.15, 0.2) is 0 Å². The summed E-state index contributed by atoms with van der Waals surface area (Å²) in [5.74, 6) is 0. The van der Waals surface area contributed by atoms with E-state index in [-0.39, 0.29) is 6.04 Å². The Morgan fingerprint density at radius 2 is 2.17 bits per heavy atom. The van der Waals surface area contributed by atoms with Crippen LogP contribution in [0.25, 0.3) is 0 Å². The minimum absolute atomic E-state index is 0.150. The number of nitrogens with two attached hydrogens (primary N) is 1. The van der Waals surface area contributed by atoms with Crippen LogP contribution in [0.15, 0.2) is 22.0 Å². The van der Waals surface area contributed by atoms with Gasteiger partial charge in [-0.1, -0.05) is 13.8 Å². The van der Waals surface area contributed by atoms with Crippen molar-refractivity contribution in [1.82, 2.24) is 9.78 Å². The van der Waals surface area contributed by atoms with E-state index in [2.05, 4.69) is 57.8 Å². The molecule has 0 aliphatic heterocycles. The molecule has 1 atom stereocenters. The lowest BCUT2D eigenvalue weighted by atomic mass is 10.2. The second-order valence-electron chi connectivity index (χ2n) is 4.17. The third kappa shape index (κ3) is 2.68. The Balaban J connectivity index is 2.40. The fraction of sp³-hybridized carbons (Fsp3) is 0.462. The summed E-state index contributed by atoms with van der Waals surface area (Å²) < 4.78 is 3.23. The maximum Gasteiger partial charge on any atom is 0.0985 e. The van der Waals surface area contributed by atoms with Gasteiger partial charge in [-0.05, 0) is 47.0 Å². The molecule has 0 radical (unpaired) electrons. The predicted octanol–water partition coefficient (Wildman–Crippen LogP) is 3.38. The van der Waals surface area contributed by atoms with Gasteiger partial charge in [0, 0.05) is 17.1 Å². The molecule has 0 amide bonds. The summed E-state index contributed by atoms with van der Waals surface area (Å²) in [5.41, 5.74) is 8.35. The molecule has 0 bridgehead atoms. The van der Waals surface area contributed by atoms with Crippen LogP contribution >= 0.6 is 27.3 Å². The number of halogens is 1. The van der Waals surface area contributed by atoms with Crippen LogP contribution in [0.4, 0.5) is 0 Å². The van der Waals surface area contributed by atoms with Gasteiger partial charge >= 0.3 is 0 Å². The number of aromatic nitrogens is 2. The van der Waals surface area contributed by atoms with E-state index in [9.17, 15) is 0 Å². The summed E-state index contributed by atoms with van der Waals surface area (Å²) in [6, 6.07) is 6.53. The molecular formula is C13H18BrN3S. The Labute approximate surface area is 120 Å². The molecule has 3 nitrogen and oxygen atoms in total. The van der Waals surface area contributed by atoms with Gasteiger partial charge in [0.1, 0.15) is 0 Å². The highest BCUT2D eigenvalue weighted by Gasteiger charge is 2.18. The quantitative estimate of drug-likeness (QED) is 0.914. The van der Waals surface area contributed by atoms with Gasteiger partial charge in [0.2, 0.25) is 0 Å². The van der Waals surface area contributed by atoms with E-state index < -0.39 is 0 Å². The maximum absolute atomic E-state index is 5.95. The van der Waals surface area contributed by atoms with Crippen molar-refractivity contribution in [3.8, 4) is 0 Å². The van der Waals surface area contributed by atoms with Crippen LogP contribution in [0.5, 0.6) is 0 Å². The molecule has 1 unspecified atom stereocenters. The van der Waals surface area contributed by atoms with Crippen LogP contribution in [0.3, 0.4) is 0 Å². The molecule has 5 heteroatoms. The maximum atomic E-state index is 5.95. The molecule has 0 aromatic carbocycles. The summed E-state index contributed by atoms with van der Waals surface area (Å²) in [5, 5.41) is 4.68. The Hall–Kier alpha value is -0.650. The van der Waals surface area contributed by atoms with Crippen molar-refractivity contribution in [3.05, 3.63) is 38.3 Å². The molecular weight excluding hydrogens is 310 g/mol. The molecule has 18 heavy (non-hydrogen) atoms. The van der Waals surface area contributed by atoms with E-state index in [1.165, 1.54) is 10.6 Å². The number of hydrogen-bond acceptors (Lipinski definition) is 3. The predicted molar refractivity (Wildman–Crippen MR) is 80.2 cm³/mol. The van der Waals surface area contributed by atoms with Gasteiger partial charge in [0.05, 0.1) is 15.5 Å². The van der Waals surface area contributed by atoms with E-state index in [1.807, 2.05) is 0 Å². The van der Waals surface area contributed by atoms with E-state index in [4.69, 9.17) is 5.73 Å². The van der Waals surface area contributed by atoms with Gasteiger partial charge in [-0.15, -0.1) is 11.3 Å². The van der Waals surface area contributed by atoms with Crippen molar-refractivity contribution in [2.24, 2.45) is 5.73 Å². The third-order valence-corrected chi connectivity index (χ3v) is 4.75. The molecule has 2 rings (SSSR count). The van der Waals surface area contributed by atoms with Crippen LogP contribution < -0.4 is 5.73 Å². The zero-order valence-electron chi connectivity index (χ0n) is 10.7. The average Bonchev–Trinajstić information content (AvgIpc) is 2.97. The Bertz CT molecular complexity index is 518. The zero-order chi connectivity index (χ0) is 13.1. The SMILES string of the molecule is CCc1cc(CC)n(C(CN)c2ccc(Br)s2)n1. The molecule has 98 valence electrons. The standard InChI is InChI=1S/C13H18BrN3S/c1-3-9-7-10(4-2)17(16-9)11(8-15)12-5-6-13(14)18-12/h5-7,11H,3-4,8,15H2,1-2H3. The normalized spacial score (nSPS) is 12.9. The number of hydrogen-bond donors (Lipinski definition) is 1. The van der Waals surface area contributed by atoms with E-state index in [0.29, 0.717) is 6.54 Å². The highest BCUT2D eigenvalue weighted by atomic mass is 79.9. The molecule has 0 spiro atoms. The summed E-state index contributed by atoms with van der Waals surface area (Å²) >= 11 is 5.23. The number of nitrogens with zero attached hydrogens (tertiary/aromatic N) is 2. The first-order valence-corrected chi connectivity index (χ1v) is 7.83. The van der Waals surface area contributed by atoms with Gasteiger partial charge in [-0.25, -0.2) is 0 Å². The number of aryl methyl sites for hydroxylation is 2. The Morgan fingerprint density at radius 3 is 2.67 bits per heavy atom. The van der Waals surface area contributed by atoms with Crippen LogP contribution in [-0.2, 0) is 12.8 Å². The topological polar surface area (TPSA) is 43.8 Å². The molecule has 2 aromatic heterocycles. The first kappa shape index (κ1) is 13.8. The second kappa shape index (κ2) is 5.99. The lowest BCUT2D eigenvalue weighted by molar-refractivity contribution is 0.515. The third-order valence-electron chi connectivity index (χ3n) is 3.03. The lowest BCUT2D eigenvalue weighted by Crippen LogP contribution is -2.22. The summed E-state index contributed by atoms with van der Waals surface area (Å²) in [6.07, 6.45) is 1.95. The smallest absolute Gasteiger partial charge is 0.0985 e. The van der Waals surface area contributed by atoms with Crippen molar-refractivity contribution in [2.75, 3.05) is 6.54 Å². The zero-order valence-corrected chi connectivity index (χ0v) is 13.1. The van der Waals surface area contributed by atoms with Gasteiger partial charge < -0.3 is 5.73 Å². The molecule has 2 N–H and O–H groups in total. The molecule has 0 fully saturated rings. The molecule has 2 aromatic rings. The summed E-state index contributed by atoms with van der Waals surface area (Å²) in [7, 11) is 0. The highest BCUT2D eigenvalue weighted by molar-refractivity contribution is 9.11. The van der Waals surface area contributed by atoms with Crippen LogP contribution in [-0.4, -0.2) is 16.3 Å². The van der Waals surface area contributed by atoms with E-state index >= 15 is 0 Å². The monoisotopic (exact) mass is 327 g/mol. The first-order valence-electron chi connectivity index (χ1n) is 6.22. The Kier molecular flexibility index (Phi) is 4.59. The van der Waals surface area contributed by atoms with Crippen molar-refractivity contribution in [1.29, 1.82) is 0 Å². The first-order chi connectivity index (χ1) is 8.69. The van der Waals surface area contributed by atoms with Gasteiger partial charge in [0.25, 0.3) is 0 Å². The molecule has 0 saturated carbocycles. The molecule has 0 aliphatic rings. The molecule has 0 saturated heterocycles. The lowest BCUT2D eigenvalue weighted by Gasteiger charge is -2.16. The summed E-state index contributed by atoms with van der Waals surface area (Å²) in [6.45, 7) is 4.86. The van der Waals surface area contributed by atoms with E-state index in [1.54, 1.807) is 11.3 Å². The number of rotatable bonds is 5. The van der Waals surface area contributed by atoms with Crippen molar-refractivity contribution >= 4 is 27.3 Å². The second-order valence-corrected chi connectivity index (χ2v) is 6.67. The van der Waals surface area contributed by atoms with E-state index in [0.717, 1.165) is 22.3 Å². The average molecular weight is 328 g/mol. The van der Waals surface area contributed by atoms with Crippen molar-refractivity contribution in [3.63, 3.8) is 0 Å². The van der Waals surface area contributed by atoms with Gasteiger partial charge in [-0.3, -0.25) is 4.68 Å². The van der Waals surface area contributed by atoms with Crippen molar-refractivity contribution < 1.29 is 0 Å². The van der Waals surface area contributed by atoms with Gasteiger partial charge in [-0.2, -0.15) is 5.10 Å². The van der Waals surface area contributed by atoms with Crippen LogP contribution in [0.1, 0.15) is 36.2 Å². The minimum atomic E-state index is 0.150.